The predicted molar refractivity (Wildman–Crippen MR) is 91.3 cm³/mol. The summed E-state index contributed by atoms with van der Waals surface area (Å²) in [6.07, 6.45) is 3.38. The Labute approximate surface area is 145 Å². The van der Waals surface area contributed by atoms with Gasteiger partial charge in [-0.05, 0) is 50.1 Å². The van der Waals surface area contributed by atoms with E-state index in [0.29, 0.717) is 13.1 Å². The van der Waals surface area contributed by atoms with Gasteiger partial charge in [0.05, 0.1) is 5.69 Å². The normalized spacial score (nSPS) is 16.9. The number of halogens is 2. The highest BCUT2D eigenvalue weighted by Crippen LogP contribution is 2.27. The number of likely N-dealkylation sites (tertiary alicyclic amines) is 1. The lowest BCUT2D eigenvalue weighted by Crippen LogP contribution is -2.41. The molecule has 2 heterocycles. The Morgan fingerprint density at radius 1 is 1.25 bits per heavy atom. The van der Waals surface area contributed by atoms with Crippen molar-refractivity contribution in [2.75, 3.05) is 13.1 Å². The molecule has 1 amide bonds. The van der Waals surface area contributed by atoms with Crippen LogP contribution in [0.25, 0.3) is 11.3 Å². The summed E-state index contributed by atoms with van der Waals surface area (Å²) in [5, 5.41) is -0.486. The third-order valence-corrected chi connectivity index (χ3v) is 4.51. The number of carbonyl (C=O) groups is 1. The fraction of sp³-hybridized carbons (Fsp3) is 0.389. The molecule has 3 rings (SSSR count). The van der Waals surface area contributed by atoms with Gasteiger partial charge in [-0.25, -0.2) is 14.4 Å². The second kappa shape index (κ2) is 7.26. The first-order chi connectivity index (χ1) is 11.5. The van der Waals surface area contributed by atoms with Gasteiger partial charge in [-0.3, -0.25) is 4.79 Å². The maximum absolute atomic E-state index is 13.1. The lowest BCUT2D eigenvalue weighted by molar-refractivity contribution is -0.131. The van der Waals surface area contributed by atoms with E-state index in [1.807, 2.05) is 6.07 Å². The van der Waals surface area contributed by atoms with E-state index in [9.17, 15) is 9.18 Å². The van der Waals surface area contributed by atoms with Crippen molar-refractivity contribution in [2.45, 2.75) is 31.1 Å². The lowest BCUT2D eigenvalue weighted by atomic mass is 9.95. The minimum atomic E-state index is -0.486. The molecule has 1 aromatic heterocycles. The summed E-state index contributed by atoms with van der Waals surface area (Å²) in [4.78, 5) is 22.8. The Bertz CT molecular complexity index is 712. The van der Waals surface area contributed by atoms with Gasteiger partial charge in [0.2, 0.25) is 5.91 Å². The van der Waals surface area contributed by atoms with E-state index in [-0.39, 0.29) is 17.6 Å². The molecule has 4 nitrogen and oxygen atoms in total. The van der Waals surface area contributed by atoms with Crippen molar-refractivity contribution in [3.8, 4) is 11.3 Å². The smallest absolute Gasteiger partial charge is 0.240 e. The van der Waals surface area contributed by atoms with Crippen molar-refractivity contribution in [1.29, 1.82) is 0 Å². The fourth-order valence-corrected chi connectivity index (χ4v) is 3.10. The van der Waals surface area contributed by atoms with Crippen molar-refractivity contribution in [3.05, 3.63) is 48.2 Å². The van der Waals surface area contributed by atoms with Gasteiger partial charge in [0.25, 0.3) is 0 Å². The van der Waals surface area contributed by atoms with Crippen molar-refractivity contribution in [1.82, 2.24) is 14.9 Å². The molecule has 1 aliphatic heterocycles. The van der Waals surface area contributed by atoms with Crippen molar-refractivity contribution < 1.29 is 9.18 Å². The van der Waals surface area contributed by atoms with E-state index in [4.69, 9.17) is 11.6 Å². The number of hydrogen-bond acceptors (Lipinski definition) is 3. The van der Waals surface area contributed by atoms with E-state index >= 15 is 0 Å². The van der Waals surface area contributed by atoms with E-state index in [1.54, 1.807) is 30.2 Å². The highest BCUT2D eigenvalue weighted by Gasteiger charge is 2.27. The number of piperidine rings is 1. The minimum absolute atomic E-state index is 0.0175. The number of aromatic nitrogens is 2. The molecule has 1 unspecified atom stereocenters. The van der Waals surface area contributed by atoms with Gasteiger partial charge in [0.15, 0.2) is 0 Å². The van der Waals surface area contributed by atoms with Crippen molar-refractivity contribution in [2.24, 2.45) is 0 Å². The van der Waals surface area contributed by atoms with E-state index in [0.717, 1.165) is 29.9 Å². The van der Waals surface area contributed by atoms with Crippen LogP contribution < -0.4 is 0 Å². The summed E-state index contributed by atoms with van der Waals surface area (Å²) >= 11 is 5.87. The molecule has 0 saturated carbocycles. The van der Waals surface area contributed by atoms with Gasteiger partial charge in [0.1, 0.15) is 17.0 Å². The van der Waals surface area contributed by atoms with Crippen molar-refractivity contribution in [3.63, 3.8) is 0 Å². The summed E-state index contributed by atoms with van der Waals surface area (Å²) in [5.74, 6) is 0.720. The molecule has 1 fully saturated rings. The van der Waals surface area contributed by atoms with Gasteiger partial charge in [-0.2, -0.15) is 0 Å². The second-order valence-electron chi connectivity index (χ2n) is 6.02. The van der Waals surface area contributed by atoms with Crippen LogP contribution in [0.15, 0.2) is 36.5 Å². The van der Waals surface area contributed by atoms with Crippen molar-refractivity contribution >= 4 is 17.5 Å². The number of carbonyl (C=O) groups excluding carboxylic acids is 1. The van der Waals surface area contributed by atoms with E-state index in [2.05, 4.69) is 9.97 Å². The predicted octanol–water partition coefficient (Wildman–Crippen LogP) is 3.62. The third kappa shape index (κ3) is 3.73. The molecule has 0 bridgehead atoms. The summed E-state index contributed by atoms with van der Waals surface area (Å²) in [5.41, 5.74) is 1.65. The SMILES string of the molecule is CC(Cl)C(=O)N1CCC(c2nccc(-c3ccc(F)cc3)n2)CC1. The number of rotatable bonds is 3. The van der Waals surface area contributed by atoms with Crippen LogP contribution in [0.1, 0.15) is 31.5 Å². The zero-order valence-corrected chi connectivity index (χ0v) is 14.2. The molecule has 24 heavy (non-hydrogen) atoms. The van der Waals surface area contributed by atoms with Gasteiger partial charge in [0, 0.05) is 30.8 Å². The highest BCUT2D eigenvalue weighted by atomic mass is 35.5. The Morgan fingerprint density at radius 3 is 2.54 bits per heavy atom. The molecule has 0 spiro atoms. The van der Waals surface area contributed by atoms with Crippen LogP contribution >= 0.6 is 11.6 Å². The van der Waals surface area contributed by atoms with Crippen LogP contribution in [0.2, 0.25) is 0 Å². The zero-order chi connectivity index (χ0) is 17.1. The average molecular weight is 348 g/mol. The first kappa shape index (κ1) is 16.8. The lowest BCUT2D eigenvalue weighted by Gasteiger charge is -2.32. The molecule has 1 saturated heterocycles. The van der Waals surface area contributed by atoms with Gasteiger partial charge in [-0.1, -0.05) is 0 Å². The maximum Gasteiger partial charge on any atom is 0.240 e. The topological polar surface area (TPSA) is 46.1 Å². The first-order valence-corrected chi connectivity index (χ1v) is 8.50. The molecule has 1 aliphatic rings. The average Bonchev–Trinajstić information content (AvgIpc) is 2.62. The van der Waals surface area contributed by atoms with E-state index in [1.165, 1.54) is 12.1 Å². The highest BCUT2D eigenvalue weighted by molar-refractivity contribution is 6.30. The number of alkyl halides is 1. The van der Waals surface area contributed by atoms with Gasteiger partial charge in [-0.15, -0.1) is 11.6 Å². The van der Waals surface area contributed by atoms with Crippen LogP contribution in [-0.2, 0) is 4.79 Å². The molecule has 126 valence electrons. The van der Waals surface area contributed by atoms with Crippen LogP contribution in [0, 0.1) is 5.82 Å². The Hall–Kier alpha value is -2.01. The minimum Gasteiger partial charge on any atom is -0.341 e. The number of benzene rings is 1. The van der Waals surface area contributed by atoms with E-state index < -0.39 is 5.38 Å². The van der Waals surface area contributed by atoms with Crippen LogP contribution in [-0.4, -0.2) is 39.2 Å². The monoisotopic (exact) mass is 347 g/mol. The van der Waals surface area contributed by atoms with Crippen LogP contribution in [0.3, 0.4) is 0 Å². The maximum atomic E-state index is 13.1. The fourth-order valence-electron chi connectivity index (χ4n) is 2.96. The largest absolute Gasteiger partial charge is 0.341 e. The molecule has 0 aliphatic carbocycles. The standard InChI is InChI=1S/C18H19ClFN3O/c1-12(19)18(24)23-10-7-14(8-11-23)17-21-9-6-16(22-17)13-2-4-15(20)5-3-13/h2-6,9,12,14H,7-8,10-11H2,1H3. The number of hydrogen-bond donors (Lipinski definition) is 0. The number of nitrogens with zero attached hydrogens (tertiary/aromatic N) is 3. The first-order valence-electron chi connectivity index (χ1n) is 8.06. The number of amides is 1. The molecular weight excluding hydrogens is 329 g/mol. The summed E-state index contributed by atoms with van der Waals surface area (Å²) in [6.45, 7) is 3.04. The Morgan fingerprint density at radius 2 is 1.92 bits per heavy atom. The van der Waals surface area contributed by atoms with Crippen LogP contribution in [0.4, 0.5) is 4.39 Å². The molecule has 1 aromatic carbocycles. The summed E-state index contributed by atoms with van der Waals surface area (Å²) in [6, 6.07) is 8.10. The Balaban J connectivity index is 1.71. The second-order valence-corrected chi connectivity index (χ2v) is 6.68. The van der Waals surface area contributed by atoms with Gasteiger partial charge >= 0.3 is 0 Å². The molecule has 0 radical (unpaired) electrons. The summed E-state index contributed by atoms with van der Waals surface area (Å²) in [7, 11) is 0. The molecule has 2 aromatic rings. The molecule has 6 heteroatoms. The zero-order valence-electron chi connectivity index (χ0n) is 13.5. The molecule has 0 N–H and O–H groups in total. The third-order valence-electron chi connectivity index (χ3n) is 4.33. The quantitative estimate of drug-likeness (QED) is 0.797. The van der Waals surface area contributed by atoms with Crippen LogP contribution in [0.5, 0.6) is 0 Å². The Kier molecular flexibility index (Phi) is 5.09. The molecular formula is C18H19ClFN3O. The molecule has 1 atom stereocenters. The van der Waals surface area contributed by atoms with Gasteiger partial charge < -0.3 is 4.90 Å². The summed E-state index contributed by atoms with van der Waals surface area (Å²) < 4.78 is 13.1.